The number of carbonyl (C=O) groups excluding carboxylic acids is 1. The second-order valence-electron chi connectivity index (χ2n) is 7.51. The van der Waals surface area contributed by atoms with Gasteiger partial charge in [-0.15, -0.1) is 0 Å². The number of esters is 1. The van der Waals surface area contributed by atoms with Crippen LogP contribution in [-0.2, 0) is 4.79 Å². The molecule has 1 rings (SSSR count). The maximum atomic E-state index is 12.1. The van der Waals surface area contributed by atoms with Gasteiger partial charge in [0.2, 0.25) is 0 Å². The van der Waals surface area contributed by atoms with Crippen molar-refractivity contribution in [3.05, 3.63) is 35.0 Å². The molecular formula is C24H35I3O2. The highest BCUT2D eigenvalue weighted by molar-refractivity contribution is 14.1. The molecule has 0 atom stereocenters. The molecule has 0 saturated heterocycles. The Morgan fingerprint density at radius 3 is 1.83 bits per heavy atom. The molecule has 0 bridgehead atoms. The average molecular weight is 736 g/mol. The molecule has 0 amide bonds. The smallest absolute Gasteiger partial charge is 0.311 e. The minimum atomic E-state index is -0.111. The van der Waals surface area contributed by atoms with Crippen LogP contribution in [0.5, 0.6) is 5.75 Å². The lowest BCUT2D eigenvalue weighted by Crippen LogP contribution is -2.09. The normalized spacial score (nSPS) is 11.3. The van der Waals surface area contributed by atoms with E-state index in [2.05, 4.69) is 86.8 Å². The van der Waals surface area contributed by atoms with E-state index < -0.39 is 0 Å². The molecule has 1 aromatic carbocycles. The third-order valence-corrected chi connectivity index (χ3v) is 7.05. The topological polar surface area (TPSA) is 26.3 Å². The fourth-order valence-electron chi connectivity index (χ4n) is 3.13. The van der Waals surface area contributed by atoms with E-state index in [-0.39, 0.29) is 5.97 Å². The van der Waals surface area contributed by atoms with Crippen LogP contribution in [0.15, 0.2) is 24.3 Å². The largest absolute Gasteiger partial charge is 0.424 e. The zero-order valence-corrected chi connectivity index (χ0v) is 24.1. The molecular weight excluding hydrogens is 701 g/mol. The minimum Gasteiger partial charge on any atom is -0.424 e. The van der Waals surface area contributed by atoms with E-state index in [0.29, 0.717) is 12.2 Å². The molecule has 0 unspecified atom stereocenters. The summed E-state index contributed by atoms with van der Waals surface area (Å²) in [5.74, 6) is 0.601. The summed E-state index contributed by atoms with van der Waals surface area (Å²) in [7, 11) is 0. The molecule has 1 aromatic rings. The summed E-state index contributed by atoms with van der Waals surface area (Å²) >= 11 is 6.75. The summed E-state index contributed by atoms with van der Waals surface area (Å²) < 4.78 is 8.74. The molecule has 2 nitrogen and oxygen atoms in total. The maximum Gasteiger partial charge on any atom is 0.311 e. The van der Waals surface area contributed by atoms with Gasteiger partial charge in [0.05, 0.1) is 7.14 Å². The number of unbranched alkanes of at least 4 members (excludes halogenated alkanes) is 11. The van der Waals surface area contributed by atoms with Crippen molar-refractivity contribution in [1.29, 1.82) is 0 Å². The molecule has 5 heteroatoms. The first-order valence-corrected chi connectivity index (χ1v) is 14.3. The zero-order chi connectivity index (χ0) is 21.3. The second kappa shape index (κ2) is 18.2. The summed E-state index contributed by atoms with van der Waals surface area (Å²) in [6, 6.07) is 4.07. The van der Waals surface area contributed by atoms with Gasteiger partial charge in [0, 0.05) is 9.99 Å². The van der Waals surface area contributed by atoms with E-state index in [1.807, 2.05) is 12.1 Å². The van der Waals surface area contributed by atoms with E-state index in [0.717, 1.165) is 23.6 Å². The number of rotatable bonds is 16. The summed E-state index contributed by atoms with van der Waals surface area (Å²) in [5.41, 5.74) is 0. The first-order valence-electron chi connectivity index (χ1n) is 11.0. The van der Waals surface area contributed by atoms with Crippen molar-refractivity contribution >= 4 is 73.7 Å². The van der Waals surface area contributed by atoms with Gasteiger partial charge in [-0.05, 0) is 112 Å². The van der Waals surface area contributed by atoms with E-state index in [1.54, 1.807) is 0 Å². The van der Waals surface area contributed by atoms with Crippen LogP contribution in [0.2, 0.25) is 0 Å². The molecule has 0 aliphatic rings. The highest BCUT2D eigenvalue weighted by Gasteiger charge is 2.12. The Balaban J connectivity index is 1.98. The maximum absolute atomic E-state index is 12.1. The molecule has 0 spiro atoms. The molecule has 0 N–H and O–H groups in total. The van der Waals surface area contributed by atoms with Crippen molar-refractivity contribution in [3.63, 3.8) is 0 Å². The molecule has 0 heterocycles. The predicted octanol–water partition coefficient (Wildman–Crippen LogP) is 9.44. The van der Waals surface area contributed by atoms with Gasteiger partial charge in [-0.3, -0.25) is 4.79 Å². The lowest BCUT2D eigenvalue weighted by atomic mass is 10.1. The Kier molecular flexibility index (Phi) is 17.4. The Labute approximate surface area is 218 Å². The number of hydrogen-bond acceptors (Lipinski definition) is 2. The summed E-state index contributed by atoms with van der Waals surface area (Å²) in [5, 5.41) is 0. The van der Waals surface area contributed by atoms with Crippen molar-refractivity contribution in [3.8, 4) is 5.75 Å². The van der Waals surface area contributed by atoms with Crippen molar-refractivity contribution in [2.75, 3.05) is 0 Å². The second-order valence-corrected chi connectivity index (χ2v) is 11.1. The lowest BCUT2D eigenvalue weighted by molar-refractivity contribution is -0.134. The fraction of sp³-hybridized carbons (Fsp3) is 0.625. The first kappa shape index (κ1) is 27.7. The van der Waals surface area contributed by atoms with Crippen LogP contribution in [0.25, 0.3) is 0 Å². The Bertz CT molecular complexity index is 591. The number of allylic oxidation sites excluding steroid dienone is 2. The van der Waals surface area contributed by atoms with Crippen molar-refractivity contribution < 1.29 is 9.53 Å². The summed E-state index contributed by atoms with van der Waals surface area (Å²) in [6.45, 7) is 2.27. The Hall–Kier alpha value is 0.620. The van der Waals surface area contributed by atoms with Gasteiger partial charge in [-0.1, -0.05) is 70.4 Å². The van der Waals surface area contributed by atoms with Crippen LogP contribution in [0.3, 0.4) is 0 Å². The first-order chi connectivity index (χ1) is 14.0. The van der Waals surface area contributed by atoms with Crippen molar-refractivity contribution in [2.24, 2.45) is 0 Å². The highest BCUT2D eigenvalue weighted by atomic mass is 127. The SMILES string of the molecule is CCCCCCCC/C=C\CCCCCCCC(=O)Oc1c(I)cc(I)cc1I. The number of benzene rings is 1. The Morgan fingerprint density at radius 1 is 0.793 bits per heavy atom. The lowest BCUT2D eigenvalue weighted by Gasteiger charge is -2.09. The minimum absolute atomic E-state index is 0.111. The van der Waals surface area contributed by atoms with Gasteiger partial charge in [0.1, 0.15) is 0 Å². The van der Waals surface area contributed by atoms with Gasteiger partial charge >= 0.3 is 5.97 Å². The molecule has 164 valence electrons. The average Bonchev–Trinajstić information content (AvgIpc) is 2.67. The summed E-state index contributed by atoms with van der Waals surface area (Å²) in [6.07, 6.45) is 21.7. The molecule has 0 saturated carbocycles. The van der Waals surface area contributed by atoms with E-state index in [9.17, 15) is 4.79 Å². The van der Waals surface area contributed by atoms with Crippen LogP contribution < -0.4 is 4.74 Å². The third-order valence-electron chi connectivity index (χ3n) is 4.82. The monoisotopic (exact) mass is 736 g/mol. The van der Waals surface area contributed by atoms with Crippen LogP contribution in [0.1, 0.15) is 96.8 Å². The number of carbonyl (C=O) groups is 1. The van der Waals surface area contributed by atoms with Gasteiger partial charge in [0.15, 0.2) is 5.75 Å². The molecule has 0 fully saturated rings. The number of hydrogen-bond donors (Lipinski definition) is 0. The molecule has 0 aliphatic heterocycles. The van der Waals surface area contributed by atoms with Crippen LogP contribution >= 0.6 is 67.8 Å². The van der Waals surface area contributed by atoms with Gasteiger partial charge in [-0.2, -0.15) is 0 Å². The van der Waals surface area contributed by atoms with E-state index in [4.69, 9.17) is 4.74 Å². The zero-order valence-electron chi connectivity index (χ0n) is 17.7. The van der Waals surface area contributed by atoms with Gasteiger partial charge < -0.3 is 4.74 Å². The summed E-state index contributed by atoms with van der Waals surface area (Å²) in [4.78, 5) is 12.1. The van der Waals surface area contributed by atoms with E-state index >= 15 is 0 Å². The van der Waals surface area contributed by atoms with Gasteiger partial charge in [0.25, 0.3) is 0 Å². The van der Waals surface area contributed by atoms with Crippen LogP contribution in [0, 0.1) is 10.7 Å². The van der Waals surface area contributed by atoms with Gasteiger partial charge in [-0.25, -0.2) is 0 Å². The highest BCUT2D eigenvalue weighted by Crippen LogP contribution is 2.30. The van der Waals surface area contributed by atoms with E-state index in [1.165, 1.54) is 70.6 Å². The molecule has 29 heavy (non-hydrogen) atoms. The standard InChI is InChI=1S/C24H35I3O2/c1-2-3-4-5-6-7-8-9-10-11-12-13-14-15-16-17-23(28)29-24-21(26)18-20(25)19-22(24)27/h9-10,18-19H,2-8,11-17H2,1H3/b10-9-. The number of halogens is 3. The van der Waals surface area contributed by atoms with Crippen LogP contribution in [0.4, 0.5) is 0 Å². The third kappa shape index (κ3) is 14.3. The molecule has 0 aromatic heterocycles. The molecule has 0 radical (unpaired) electrons. The predicted molar refractivity (Wildman–Crippen MR) is 150 cm³/mol. The van der Waals surface area contributed by atoms with Crippen molar-refractivity contribution in [1.82, 2.24) is 0 Å². The molecule has 0 aliphatic carbocycles. The van der Waals surface area contributed by atoms with Crippen LogP contribution in [-0.4, -0.2) is 5.97 Å². The number of ether oxygens (including phenoxy) is 1. The van der Waals surface area contributed by atoms with Crippen molar-refractivity contribution in [2.45, 2.75) is 96.8 Å². The fourth-order valence-corrected chi connectivity index (χ4v) is 6.93. The Morgan fingerprint density at radius 2 is 1.28 bits per heavy atom. The quantitative estimate of drug-likeness (QED) is 0.0556.